The number of nitrogens with zero attached hydrogens (tertiary/aromatic N) is 5. The number of hydrogen-bond acceptors (Lipinski definition) is 11. The van der Waals surface area contributed by atoms with E-state index in [1.807, 2.05) is 18.5 Å². The Hall–Kier alpha value is -3.11. The number of rotatable bonds is 10. The minimum absolute atomic E-state index is 0.0512. The normalized spacial score (nSPS) is 30.0. The summed E-state index contributed by atoms with van der Waals surface area (Å²) < 4.78 is 40.8. The Labute approximate surface area is 489 Å². The zero-order valence-corrected chi connectivity index (χ0v) is 52.6. The number of fused-ring (bicyclic) bond motifs is 2. The second-order valence-electron chi connectivity index (χ2n) is 25.8. The fourth-order valence-electron chi connectivity index (χ4n) is 14.0. The molecule has 0 aromatic heterocycles. The molecule has 4 fully saturated rings. The summed E-state index contributed by atoms with van der Waals surface area (Å²) in [5, 5.41) is 23.8. The van der Waals surface area contributed by atoms with Crippen LogP contribution in [0.25, 0.3) is 0 Å². The highest BCUT2D eigenvalue weighted by Crippen LogP contribution is 2.37. The largest absolute Gasteiger partial charge is 0.417 e. The molecule has 3 heterocycles. The third-order valence-electron chi connectivity index (χ3n) is 19.2. The van der Waals surface area contributed by atoms with E-state index in [1.54, 1.807) is 0 Å². The topological polar surface area (TPSA) is 97.5 Å². The van der Waals surface area contributed by atoms with Crippen LogP contribution in [0.3, 0.4) is 0 Å². The van der Waals surface area contributed by atoms with Crippen LogP contribution in [0.4, 0.5) is 13.2 Å². The fourth-order valence-corrected chi connectivity index (χ4v) is 14.3. The standard InChI is InChI=1S/C65H111ClF3N11/c1-13-21-60-50(8)73-41-62-48(6)42-80(62)63(46(3)4)51(9)76-64(30-18-19-31-64)45-71-34-33-70-32-29-55(27-25-54-26-28-58(59(66)39-54)65(67,68)69)72-35-37-77(11)43-57(38-53-22-16-15-17-23-53)78(12)44-56-24-20-36-79(56)52(10)49(7)75-61(40-74-60)47(5)14-2/h26,28-29,32,35,37,39,43-44,46-53,60-63,71-76H,13-25,27,30-31,33-34,36,38,40-42,45H2,1-12H3/t47-,48+,49?,50?,51?,52-,60-,61+,62?,63-/m0/s1. The third-order valence-corrected chi connectivity index (χ3v) is 19.5. The van der Waals surface area contributed by atoms with Crippen molar-refractivity contribution in [3.05, 3.63) is 82.3 Å². The second kappa shape index (κ2) is 32.2. The average Bonchev–Trinajstić information content (AvgIpc) is 4.16. The van der Waals surface area contributed by atoms with Crippen LogP contribution in [-0.2, 0) is 12.6 Å². The molecule has 1 aromatic carbocycles. The molecule has 6 rings (SSSR count). The Kier molecular flexibility index (Phi) is 26.6. The number of aryl methyl sites for hydroxylation is 1. The van der Waals surface area contributed by atoms with Crippen molar-refractivity contribution in [2.24, 2.45) is 28.7 Å². The summed E-state index contributed by atoms with van der Waals surface area (Å²) in [6, 6.07) is 7.05. The lowest BCUT2D eigenvalue weighted by molar-refractivity contribution is -0.137. The van der Waals surface area contributed by atoms with E-state index in [9.17, 15) is 13.2 Å². The van der Waals surface area contributed by atoms with E-state index >= 15 is 0 Å². The molecule has 2 aliphatic carbocycles. The summed E-state index contributed by atoms with van der Waals surface area (Å²) in [5.41, 5.74) is 3.60. The first kappa shape index (κ1) is 66.0. The van der Waals surface area contributed by atoms with Crippen LogP contribution in [0.15, 0.2) is 71.2 Å². The summed E-state index contributed by atoms with van der Waals surface area (Å²) in [6.45, 7) is 30.5. The summed E-state index contributed by atoms with van der Waals surface area (Å²) in [7, 11) is 4.33. The molecule has 2 saturated carbocycles. The zero-order valence-electron chi connectivity index (χ0n) is 51.8. The van der Waals surface area contributed by atoms with Gasteiger partial charge in [0.15, 0.2) is 0 Å². The van der Waals surface area contributed by atoms with Crippen molar-refractivity contribution in [1.82, 2.24) is 51.5 Å². The van der Waals surface area contributed by atoms with Gasteiger partial charge < -0.3 is 46.6 Å². The molecule has 80 heavy (non-hydrogen) atoms. The maximum atomic E-state index is 13.6. The van der Waals surface area contributed by atoms with Crippen LogP contribution in [0.2, 0.25) is 5.02 Å². The van der Waals surface area contributed by atoms with Gasteiger partial charge in [0.05, 0.1) is 17.1 Å². The third kappa shape index (κ3) is 19.5. The fraction of sp³-hybridized carbons (Fsp3) is 0.769. The molecule has 5 aliphatic rings. The molecule has 0 amide bonds. The number of nitrogens with one attached hydrogen (secondary N) is 6. The highest BCUT2D eigenvalue weighted by Gasteiger charge is 2.45. The van der Waals surface area contributed by atoms with Gasteiger partial charge in [0.25, 0.3) is 0 Å². The number of halogens is 4. The Morgan fingerprint density at radius 3 is 2.30 bits per heavy atom. The molecule has 0 radical (unpaired) electrons. The molecule has 15 heteroatoms. The van der Waals surface area contributed by atoms with E-state index < -0.39 is 11.7 Å². The molecule has 2 saturated heterocycles. The van der Waals surface area contributed by atoms with Gasteiger partial charge in [0.1, 0.15) is 0 Å². The summed E-state index contributed by atoms with van der Waals surface area (Å²) in [4.78, 5) is 14.9. The SMILES string of the molecule is CCC[C@@H]1NC[C@H]([C@@H](C)CC)NC(C)[C@H](C)N2CCCC2=CN(C)C(CC2CCCCC2)=CN(C)C=CNC(CCc2ccc(C(F)(F)F)c(Cl)c2)=CC=NCCNCC2(CCCC2)NC(C)[C@H](C(C)C)N2C[C@@H](C)C2CNC1C. The quantitative estimate of drug-likeness (QED) is 0.136. The molecular formula is C65H111ClF3N11. The Bertz CT molecular complexity index is 2150. The van der Waals surface area contributed by atoms with Crippen molar-refractivity contribution in [1.29, 1.82) is 0 Å². The molecule has 0 bridgehead atoms. The number of alkyl halides is 3. The van der Waals surface area contributed by atoms with Gasteiger partial charge in [-0.2, -0.15) is 13.2 Å². The lowest BCUT2D eigenvalue weighted by Gasteiger charge is -2.55. The maximum Gasteiger partial charge on any atom is 0.417 e. The maximum absolute atomic E-state index is 13.6. The average molecular weight is 1140 g/mol. The smallest absolute Gasteiger partial charge is 0.369 e. The first-order valence-electron chi connectivity index (χ1n) is 31.8. The second-order valence-corrected chi connectivity index (χ2v) is 26.2. The van der Waals surface area contributed by atoms with Crippen molar-refractivity contribution >= 4 is 17.8 Å². The van der Waals surface area contributed by atoms with Gasteiger partial charge in [-0.05, 0) is 127 Å². The van der Waals surface area contributed by atoms with Crippen molar-refractivity contribution < 1.29 is 13.2 Å². The summed E-state index contributed by atoms with van der Waals surface area (Å²) in [6.07, 6.45) is 27.1. The molecule has 11 nitrogen and oxygen atoms in total. The van der Waals surface area contributed by atoms with Crippen LogP contribution in [0, 0.1) is 23.7 Å². The van der Waals surface area contributed by atoms with Crippen molar-refractivity contribution in [2.45, 2.75) is 238 Å². The van der Waals surface area contributed by atoms with E-state index in [1.165, 1.54) is 81.3 Å². The van der Waals surface area contributed by atoms with Crippen LogP contribution in [0.5, 0.6) is 0 Å². The van der Waals surface area contributed by atoms with Gasteiger partial charge in [-0.25, -0.2) is 0 Å². The van der Waals surface area contributed by atoms with E-state index in [-0.39, 0.29) is 10.6 Å². The van der Waals surface area contributed by atoms with Crippen molar-refractivity contribution in [3.63, 3.8) is 0 Å². The van der Waals surface area contributed by atoms with E-state index in [0.717, 1.165) is 95.1 Å². The molecule has 3 aliphatic heterocycles. The van der Waals surface area contributed by atoms with Crippen molar-refractivity contribution in [2.75, 3.05) is 59.9 Å². The van der Waals surface area contributed by atoms with Gasteiger partial charge in [-0.3, -0.25) is 9.89 Å². The van der Waals surface area contributed by atoms with E-state index in [0.29, 0.717) is 91.4 Å². The van der Waals surface area contributed by atoms with Gasteiger partial charge in [0, 0.05) is 155 Å². The van der Waals surface area contributed by atoms with E-state index in [2.05, 4.69) is 153 Å². The summed E-state index contributed by atoms with van der Waals surface area (Å²) in [5.74, 6) is 2.34. The number of hydrogen-bond donors (Lipinski definition) is 6. The number of allylic oxidation sites excluding steroid dienone is 4. The molecule has 4 unspecified atom stereocenters. The van der Waals surface area contributed by atoms with Crippen LogP contribution in [-0.4, -0.2) is 140 Å². The van der Waals surface area contributed by atoms with Crippen LogP contribution < -0.4 is 31.9 Å². The van der Waals surface area contributed by atoms with Gasteiger partial charge in [-0.15, -0.1) is 0 Å². The molecule has 454 valence electrons. The molecule has 1 spiro atoms. The molecule has 10 atom stereocenters. The Morgan fingerprint density at radius 1 is 0.875 bits per heavy atom. The van der Waals surface area contributed by atoms with Crippen LogP contribution in [0.1, 0.15) is 183 Å². The molecule has 6 N–H and O–H groups in total. The lowest BCUT2D eigenvalue weighted by Crippen LogP contribution is -2.69. The van der Waals surface area contributed by atoms with Gasteiger partial charge in [0.2, 0.25) is 0 Å². The first-order valence-corrected chi connectivity index (χ1v) is 32.2. The Morgan fingerprint density at radius 2 is 1.62 bits per heavy atom. The zero-order chi connectivity index (χ0) is 58.0. The van der Waals surface area contributed by atoms with Crippen molar-refractivity contribution in [3.8, 4) is 0 Å². The lowest BCUT2D eigenvalue weighted by atomic mass is 9.82. The number of aliphatic imine (C=N–C) groups is 1. The Balaban J connectivity index is 1.27. The van der Waals surface area contributed by atoms with Gasteiger partial charge >= 0.3 is 6.18 Å². The number of benzene rings is 1. The predicted octanol–water partition coefficient (Wildman–Crippen LogP) is 12.7. The monoisotopic (exact) mass is 1140 g/mol. The highest BCUT2D eigenvalue weighted by molar-refractivity contribution is 6.31. The van der Waals surface area contributed by atoms with Crippen LogP contribution >= 0.6 is 11.6 Å². The predicted molar refractivity (Wildman–Crippen MR) is 332 cm³/mol. The minimum atomic E-state index is -4.50. The minimum Gasteiger partial charge on any atom is -0.369 e. The molecule has 1 aromatic rings. The summed E-state index contributed by atoms with van der Waals surface area (Å²) >= 11 is 6.18. The van der Waals surface area contributed by atoms with E-state index in [4.69, 9.17) is 16.6 Å². The first-order chi connectivity index (χ1) is 38.2. The highest BCUT2D eigenvalue weighted by atomic mass is 35.5. The molecular weight excluding hydrogens is 1030 g/mol. The van der Waals surface area contributed by atoms with Gasteiger partial charge in [-0.1, -0.05) is 117 Å².